The van der Waals surface area contributed by atoms with Gasteiger partial charge in [0.2, 0.25) is 0 Å². The lowest BCUT2D eigenvalue weighted by Crippen LogP contribution is -2.43. The Labute approximate surface area is 252 Å². The number of hydrogen-bond donors (Lipinski definition) is 1. The number of hydrogen-bond acceptors (Lipinski definition) is 9. The fourth-order valence-electron chi connectivity index (χ4n) is 7.46. The zero-order chi connectivity index (χ0) is 30.4. The predicted octanol–water partition coefficient (Wildman–Crippen LogP) is 4.74. The number of phenolic OH excluding ortho intramolecular Hbond substituents is 1. The third kappa shape index (κ3) is 5.38. The van der Waals surface area contributed by atoms with Crippen LogP contribution < -0.4 is 14.5 Å². The van der Waals surface area contributed by atoms with Crippen molar-refractivity contribution in [1.82, 2.24) is 19.9 Å². The maximum absolute atomic E-state index is 16.7. The highest BCUT2D eigenvalue weighted by molar-refractivity contribution is 5.93. The van der Waals surface area contributed by atoms with Crippen molar-refractivity contribution in [3.63, 3.8) is 0 Å². The number of fused-ring (bicyclic) bond motifs is 3. The van der Waals surface area contributed by atoms with Crippen molar-refractivity contribution in [1.29, 1.82) is 0 Å². The van der Waals surface area contributed by atoms with Crippen molar-refractivity contribution in [2.24, 2.45) is 0 Å². The highest BCUT2D eigenvalue weighted by Gasteiger charge is 2.49. The molecule has 4 aliphatic rings. The van der Waals surface area contributed by atoms with E-state index in [0.717, 1.165) is 25.8 Å². The average Bonchev–Trinajstić information content (AvgIpc) is 3.37. The van der Waals surface area contributed by atoms with Gasteiger partial charge in [0.05, 0.1) is 24.1 Å². The summed E-state index contributed by atoms with van der Waals surface area (Å²) in [4.78, 5) is 19.4. The Kier molecular flexibility index (Phi) is 7.86. The molecule has 0 aliphatic carbocycles. The number of aryl methyl sites for hydroxylation is 1. The fourth-order valence-corrected chi connectivity index (χ4v) is 7.46. The van der Waals surface area contributed by atoms with Crippen LogP contribution in [0, 0.1) is 5.82 Å². The molecule has 44 heavy (non-hydrogen) atoms. The van der Waals surface area contributed by atoms with Crippen LogP contribution in [0.15, 0.2) is 18.3 Å². The molecule has 0 radical (unpaired) electrons. The summed E-state index contributed by atoms with van der Waals surface area (Å²) in [6.07, 6.45) is 2.06. The number of alkyl halides is 3. The van der Waals surface area contributed by atoms with Crippen LogP contribution in [0.4, 0.5) is 29.1 Å². The van der Waals surface area contributed by atoms with Crippen LogP contribution >= 0.6 is 0 Å². The minimum atomic E-state index is -2.59. The van der Waals surface area contributed by atoms with Crippen LogP contribution in [-0.4, -0.2) is 102 Å². The lowest BCUT2D eigenvalue weighted by atomic mass is 9.95. The second kappa shape index (κ2) is 11.8. The first-order chi connectivity index (χ1) is 21.3. The number of anilines is 2. The molecular weight excluding hydrogens is 580 g/mol. The summed E-state index contributed by atoms with van der Waals surface area (Å²) in [6, 6.07) is 2.89. The van der Waals surface area contributed by atoms with Crippen LogP contribution in [0.2, 0.25) is 0 Å². The molecule has 1 aromatic carbocycles. The zero-order valence-corrected chi connectivity index (χ0v) is 24.5. The number of aromatic nitrogens is 3. The largest absolute Gasteiger partial charge is 0.508 e. The normalized spacial score (nSPS) is 24.2. The summed E-state index contributed by atoms with van der Waals surface area (Å²) < 4.78 is 70.0. The number of benzene rings is 1. The second-order valence-corrected chi connectivity index (χ2v) is 12.3. The Bertz CT molecular complexity index is 1540. The number of phenols is 1. The molecule has 0 spiro atoms. The molecule has 6 heterocycles. The molecule has 13 heteroatoms. The van der Waals surface area contributed by atoms with E-state index in [-0.39, 0.29) is 35.1 Å². The van der Waals surface area contributed by atoms with Crippen molar-refractivity contribution in [3.05, 3.63) is 29.7 Å². The van der Waals surface area contributed by atoms with E-state index in [1.165, 1.54) is 17.2 Å². The number of ether oxygens (including phenoxy) is 2. The molecule has 7 rings (SSSR count). The third-order valence-corrected chi connectivity index (χ3v) is 9.37. The minimum absolute atomic E-state index is 0.0190. The zero-order valence-electron chi connectivity index (χ0n) is 24.5. The first-order valence-electron chi connectivity index (χ1n) is 15.4. The molecule has 0 amide bonds. The summed E-state index contributed by atoms with van der Waals surface area (Å²) in [5, 5.41) is 10.9. The molecule has 0 unspecified atom stereocenters. The number of nitrogens with zero attached hydrogens (tertiary/aromatic N) is 6. The summed E-state index contributed by atoms with van der Waals surface area (Å²) in [7, 11) is 0. The molecule has 9 nitrogen and oxygen atoms in total. The van der Waals surface area contributed by atoms with E-state index in [2.05, 4.69) is 14.9 Å². The fraction of sp³-hybridized carbons (Fsp3) is 0.581. The summed E-state index contributed by atoms with van der Waals surface area (Å²) in [5.74, 6) is -0.400. The molecule has 3 aromatic rings. The molecule has 2 atom stereocenters. The predicted molar refractivity (Wildman–Crippen MR) is 157 cm³/mol. The molecule has 236 valence electrons. The van der Waals surface area contributed by atoms with Gasteiger partial charge in [0.15, 0.2) is 5.82 Å². The van der Waals surface area contributed by atoms with Crippen LogP contribution in [0.1, 0.15) is 37.7 Å². The molecular formula is C31H36F4N6O3. The van der Waals surface area contributed by atoms with Gasteiger partial charge in [-0.1, -0.05) is 0 Å². The Hall–Kier alpha value is -3.45. The van der Waals surface area contributed by atoms with Crippen molar-refractivity contribution in [3.8, 4) is 23.0 Å². The Balaban J connectivity index is 1.33. The van der Waals surface area contributed by atoms with Gasteiger partial charge < -0.3 is 24.4 Å². The molecule has 0 saturated carbocycles. The SMILES string of the molecule is Oc1cc2c(c(-c3ncc4c(N5CCCOCC5)nc(OC[C@@]56CCCN5C[C@H](F)C6)nc4c3F)c1)N(CC(F)F)CCC2. The molecule has 0 bridgehead atoms. The van der Waals surface area contributed by atoms with E-state index in [0.29, 0.717) is 81.1 Å². The molecule has 4 aliphatic heterocycles. The van der Waals surface area contributed by atoms with Gasteiger partial charge >= 0.3 is 6.01 Å². The summed E-state index contributed by atoms with van der Waals surface area (Å²) in [5.41, 5.74) is 0.768. The van der Waals surface area contributed by atoms with Gasteiger partial charge in [-0.15, -0.1) is 0 Å². The number of aromatic hydroxyl groups is 1. The van der Waals surface area contributed by atoms with Gasteiger partial charge in [-0.25, -0.2) is 17.6 Å². The topological polar surface area (TPSA) is 87.1 Å². The molecule has 3 fully saturated rings. The molecule has 2 aromatic heterocycles. The smallest absolute Gasteiger partial charge is 0.319 e. The quantitative estimate of drug-likeness (QED) is 0.379. The molecule has 3 saturated heterocycles. The number of rotatable bonds is 7. The highest BCUT2D eigenvalue weighted by Crippen LogP contribution is 2.43. The van der Waals surface area contributed by atoms with E-state index >= 15 is 4.39 Å². The lowest BCUT2D eigenvalue weighted by Gasteiger charge is -2.33. The van der Waals surface area contributed by atoms with E-state index in [1.807, 2.05) is 4.90 Å². The van der Waals surface area contributed by atoms with Crippen LogP contribution in [0.3, 0.4) is 0 Å². The first kappa shape index (κ1) is 29.3. The maximum atomic E-state index is 16.7. The van der Waals surface area contributed by atoms with Crippen LogP contribution in [-0.2, 0) is 11.2 Å². The van der Waals surface area contributed by atoms with Gasteiger partial charge in [-0.2, -0.15) is 9.97 Å². The van der Waals surface area contributed by atoms with Crippen LogP contribution in [0.5, 0.6) is 11.8 Å². The van der Waals surface area contributed by atoms with E-state index in [9.17, 15) is 18.3 Å². The highest BCUT2D eigenvalue weighted by atomic mass is 19.3. The second-order valence-electron chi connectivity index (χ2n) is 12.3. The van der Waals surface area contributed by atoms with Crippen molar-refractivity contribution in [2.45, 2.75) is 56.7 Å². The Morgan fingerprint density at radius 1 is 1.09 bits per heavy atom. The Morgan fingerprint density at radius 2 is 1.98 bits per heavy atom. The van der Waals surface area contributed by atoms with Crippen molar-refractivity contribution >= 4 is 22.4 Å². The van der Waals surface area contributed by atoms with E-state index in [4.69, 9.17) is 14.5 Å². The number of halogens is 4. The lowest BCUT2D eigenvalue weighted by molar-refractivity contribution is 0.107. The first-order valence-corrected chi connectivity index (χ1v) is 15.4. The monoisotopic (exact) mass is 616 g/mol. The minimum Gasteiger partial charge on any atom is -0.508 e. The van der Waals surface area contributed by atoms with Gasteiger partial charge in [0.25, 0.3) is 6.43 Å². The molecule has 1 N–H and O–H groups in total. The van der Waals surface area contributed by atoms with E-state index < -0.39 is 30.5 Å². The van der Waals surface area contributed by atoms with Gasteiger partial charge in [0.1, 0.15) is 35.6 Å². The van der Waals surface area contributed by atoms with Crippen molar-refractivity contribution in [2.75, 3.05) is 68.9 Å². The van der Waals surface area contributed by atoms with Crippen LogP contribution in [0.25, 0.3) is 22.2 Å². The average molecular weight is 617 g/mol. The summed E-state index contributed by atoms with van der Waals surface area (Å²) in [6.45, 7) is 3.45. The maximum Gasteiger partial charge on any atom is 0.319 e. The van der Waals surface area contributed by atoms with E-state index in [1.54, 1.807) is 6.07 Å². The number of pyridine rings is 1. The Morgan fingerprint density at radius 3 is 2.84 bits per heavy atom. The van der Waals surface area contributed by atoms with Crippen molar-refractivity contribution < 1.29 is 32.1 Å². The summed E-state index contributed by atoms with van der Waals surface area (Å²) >= 11 is 0. The van der Waals surface area contributed by atoms with Gasteiger partial charge in [-0.3, -0.25) is 9.88 Å². The van der Waals surface area contributed by atoms with Gasteiger partial charge in [-0.05, 0) is 56.3 Å². The standard InChI is InChI=1S/C31H36F4N6O3/c32-20-14-31(5-2-8-41(31)16-20)18-44-30-37-27-23(29(38-30)39-7-3-10-43-11-9-39)15-36-26(25(27)35)22-13-21(42)12-19-4-1-6-40(28(19)22)17-24(33)34/h12-13,15,20,24,42H,1-11,14,16-18H2/t20-,31+/m1/s1. The third-order valence-electron chi connectivity index (χ3n) is 9.37. The van der Waals surface area contributed by atoms with Gasteiger partial charge in [0, 0.05) is 56.7 Å².